The summed E-state index contributed by atoms with van der Waals surface area (Å²) in [6, 6.07) is -1.10. The predicted molar refractivity (Wildman–Crippen MR) is 179 cm³/mol. The molecule has 49 heavy (non-hydrogen) atoms. The number of hydrogen-bond donors (Lipinski definition) is 8. The number of thioether (sulfide) groups is 1. The maximum atomic E-state index is 13.3. The minimum absolute atomic E-state index is 0.00289. The molecule has 4 rings (SSSR count). The lowest BCUT2D eigenvalue weighted by atomic mass is 10.0. The van der Waals surface area contributed by atoms with Gasteiger partial charge in [0, 0.05) is 24.1 Å². The lowest BCUT2D eigenvalue weighted by Gasteiger charge is -2.49. The summed E-state index contributed by atoms with van der Waals surface area (Å²) in [5.41, 5.74) is 21.4. The van der Waals surface area contributed by atoms with Crippen molar-refractivity contribution in [3.05, 3.63) is 40.8 Å². The maximum absolute atomic E-state index is 13.3. The van der Waals surface area contributed by atoms with E-state index in [0.717, 1.165) is 16.2 Å². The number of fused-ring (bicyclic) bond motifs is 1. The number of thiazole rings is 1. The first-order valence-electron chi connectivity index (χ1n) is 14.7. The number of hydrogen-bond acceptors (Lipinski definition) is 15. The van der Waals surface area contributed by atoms with Gasteiger partial charge in [-0.05, 0) is 32.3 Å². The Morgan fingerprint density at radius 3 is 2.61 bits per heavy atom. The number of allylic oxidation sites excluding steroid dienone is 2. The topological polar surface area (TPSA) is 308 Å². The molecular formula is C28H36N11O8S2+. The largest absolute Gasteiger partial charge is 0.478 e. The van der Waals surface area contributed by atoms with Gasteiger partial charge in [-0.3, -0.25) is 19.3 Å². The van der Waals surface area contributed by atoms with Crippen molar-refractivity contribution in [2.24, 2.45) is 10.9 Å². The fourth-order valence-electron chi connectivity index (χ4n) is 4.56. The Labute approximate surface area is 287 Å². The monoisotopic (exact) mass is 718 g/mol. The molecule has 2 atom stereocenters. The number of carboxylic acid groups (broad SMARTS) is 2. The van der Waals surface area contributed by atoms with Crippen LogP contribution in [0.15, 0.2) is 40.3 Å². The molecule has 0 spiro atoms. The highest BCUT2D eigenvalue weighted by Gasteiger charge is 2.54. The van der Waals surface area contributed by atoms with Gasteiger partial charge < -0.3 is 48.6 Å². The Bertz CT molecular complexity index is 1760. The number of nitrogens with one attached hydrogen (secondary N) is 2. The number of carbonyl (C=O) groups is 5. The van der Waals surface area contributed by atoms with Crippen LogP contribution in [0.4, 0.5) is 22.5 Å². The van der Waals surface area contributed by atoms with Crippen molar-refractivity contribution in [2.75, 3.05) is 34.8 Å². The number of carbonyl (C=O) groups excluding carboxylic acids is 3. The number of rotatable bonds is 15. The van der Waals surface area contributed by atoms with Gasteiger partial charge in [-0.25, -0.2) is 19.1 Å². The van der Waals surface area contributed by atoms with Crippen LogP contribution in [0.25, 0.3) is 0 Å². The quantitative estimate of drug-likeness (QED) is 0.0368. The molecule has 0 aliphatic carbocycles. The first kappa shape index (κ1) is 36.6. The normalized spacial score (nSPS) is 17.8. The number of carboxylic acids is 2. The fraction of sp³-hybridized carbons (Fsp3) is 0.393. The van der Waals surface area contributed by atoms with E-state index in [1.807, 2.05) is 0 Å². The van der Waals surface area contributed by atoms with E-state index in [4.69, 9.17) is 27.8 Å². The van der Waals surface area contributed by atoms with Gasteiger partial charge in [0.1, 0.15) is 22.8 Å². The van der Waals surface area contributed by atoms with Gasteiger partial charge in [0.15, 0.2) is 16.5 Å². The Hall–Kier alpha value is -5.28. The molecular weight excluding hydrogens is 683 g/mol. The second-order valence-electron chi connectivity index (χ2n) is 11.2. The van der Waals surface area contributed by atoms with Crippen LogP contribution in [-0.4, -0.2) is 89.8 Å². The van der Waals surface area contributed by atoms with Gasteiger partial charge in [0.2, 0.25) is 29.5 Å². The minimum atomic E-state index is -1.78. The summed E-state index contributed by atoms with van der Waals surface area (Å²) in [7, 11) is 0. The summed E-state index contributed by atoms with van der Waals surface area (Å²) in [6.45, 7) is 3.04. The van der Waals surface area contributed by atoms with Crippen LogP contribution in [0.1, 0.15) is 38.8 Å². The number of aliphatic carboxylic acids is 2. The van der Waals surface area contributed by atoms with Crippen LogP contribution < -0.4 is 38.1 Å². The van der Waals surface area contributed by atoms with E-state index < -0.39 is 46.5 Å². The van der Waals surface area contributed by atoms with Crippen molar-refractivity contribution in [2.45, 2.75) is 56.7 Å². The molecule has 3 amide bonds. The van der Waals surface area contributed by atoms with Gasteiger partial charge in [-0.1, -0.05) is 22.3 Å². The summed E-state index contributed by atoms with van der Waals surface area (Å²) in [5.74, 6) is -4.03. The number of β-lactam (4-membered cyclic amide) rings is 1. The molecule has 0 aromatic carbocycles. The fourth-order valence-corrected chi connectivity index (χ4v) is 6.42. The van der Waals surface area contributed by atoms with Crippen LogP contribution in [0.5, 0.6) is 0 Å². The van der Waals surface area contributed by atoms with Crippen molar-refractivity contribution in [3.63, 3.8) is 0 Å². The van der Waals surface area contributed by atoms with E-state index in [1.54, 1.807) is 16.7 Å². The molecule has 262 valence electrons. The molecule has 2 aromatic rings. The Balaban J connectivity index is 1.42. The molecule has 21 heteroatoms. The zero-order valence-electron chi connectivity index (χ0n) is 26.4. The molecule has 4 heterocycles. The van der Waals surface area contributed by atoms with Crippen LogP contribution in [0, 0.1) is 0 Å². The zero-order valence-corrected chi connectivity index (χ0v) is 28.0. The molecule has 1 fully saturated rings. The summed E-state index contributed by atoms with van der Waals surface area (Å²) < 4.78 is 1.62. The standard InChI is InChI=1S/C28H35N11O8S2/c1-28(2,26(45)46)47-37-16(14-11-49-27(32)34-14)22(41)36-18-23(42)39-19(25(43)44)13(10-48-24(18)39)6-4-3-5-9-38-12-33-20(30)17(21(38)31)35-15(40)7-8-29/h4,6,11-12,18,24H,3,5,7-10,29H2,1-2H3,(H9,30,31,32,34,35,36,37,40,41,43,44,45,46)/p+1/b6-4+/t18-,24?/m1/s1. The molecule has 1 unspecified atom stereocenters. The van der Waals surface area contributed by atoms with Gasteiger partial charge in [-0.15, -0.1) is 23.1 Å². The lowest BCUT2D eigenvalue weighted by Crippen LogP contribution is -2.71. The van der Waals surface area contributed by atoms with Gasteiger partial charge >= 0.3 is 11.9 Å². The second-order valence-corrected chi connectivity index (χ2v) is 13.2. The third-order valence-electron chi connectivity index (χ3n) is 7.23. The Kier molecular flexibility index (Phi) is 11.4. The Morgan fingerprint density at radius 1 is 1.24 bits per heavy atom. The van der Waals surface area contributed by atoms with Gasteiger partial charge in [0.05, 0.1) is 6.54 Å². The van der Waals surface area contributed by atoms with Gasteiger partial charge in [0.25, 0.3) is 11.8 Å². The maximum Gasteiger partial charge on any atom is 0.352 e. The number of aryl methyl sites for hydroxylation is 1. The van der Waals surface area contributed by atoms with Crippen molar-refractivity contribution in [3.8, 4) is 0 Å². The summed E-state index contributed by atoms with van der Waals surface area (Å²) in [5, 5.41) is 29.0. The van der Waals surface area contributed by atoms with E-state index in [0.29, 0.717) is 25.0 Å². The number of anilines is 4. The van der Waals surface area contributed by atoms with Gasteiger partial charge in [-0.2, -0.15) is 0 Å². The predicted octanol–water partition coefficient (Wildman–Crippen LogP) is -0.781. The molecule has 2 aromatic heterocycles. The minimum Gasteiger partial charge on any atom is -0.478 e. The summed E-state index contributed by atoms with van der Waals surface area (Å²) in [6.07, 6.45) is 6.02. The first-order chi connectivity index (χ1) is 23.2. The highest BCUT2D eigenvalue weighted by atomic mass is 32.2. The van der Waals surface area contributed by atoms with E-state index in [-0.39, 0.29) is 58.5 Å². The number of nitrogens with zero attached hydrogens (tertiary/aromatic N) is 5. The molecule has 2 aliphatic rings. The molecule has 1 saturated heterocycles. The smallest absolute Gasteiger partial charge is 0.352 e. The first-order valence-corrected chi connectivity index (χ1v) is 16.6. The molecule has 2 aliphatic heterocycles. The van der Waals surface area contributed by atoms with Crippen LogP contribution >= 0.6 is 23.1 Å². The third kappa shape index (κ3) is 8.24. The SMILES string of the molecule is CC(C)(O/N=C(\C(=O)N[C@@H]1C(=O)N2C(C(=O)O)=C(/C=C/CCC[n+]3cnc(N)c(NC(=O)CCN)c3N)CSC12)c1csc(N)n1)C(=O)O. The number of nitrogen functional groups attached to an aromatic ring is 3. The van der Waals surface area contributed by atoms with E-state index in [2.05, 4.69) is 25.8 Å². The van der Waals surface area contributed by atoms with Crippen molar-refractivity contribution < 1.29 is 43.6 Å². The number of aromatic nitrogens is 3. The van der Waals surface area contributed by atoms with E-state index in [1.165, 1.54) is 37.3 Å². The lowest BCUT2D eigenvalue weighted by molar-refractivity contribution is -0.685. The molecule has 19 nitrogen and oxygen atoms in total. The Morgan fingerprint density at radius 2 is 1.98 bits per heavy atom. The number of nitrogens with two attached hydrogens (primary N) is 4. The second kappa shape index (κ2) is 15.3. The number of oxime groups is 1. The van der Waals surface area contributed by atoms with Crippen LogP contribution in [-0.2, 0) is 35.4 Å². The van der Waals surface area contributed by atoms with E-state index in [9.17, 15) is 34.2 Å². The summed E-state index contributed by atoms with van der Waals surface area (Å²) >= 11 is 2.26. The number of unbranched alkanes of at least 4 members (excludes halogenated alkanes) is 1. The van der Waals surface area contributed by atoms with Crippen LogP contribution in [0.2, 0.25) is 0 Å². The number of amides is 3. The highest BCUT2D eigenvalue weighted by molar-refractivity contribution is 8.00. The molecule has 0 saturated carbocycles. The zero-order chi connectivity index (χ0) is 36.0. The third-order valence-corrected chi connectivity index (χ3v) is 9.21. The molecule has 0 bridgehead atoms. The molecule has 12 N–H and O–H groups in total. The van der Waals surface area contributed by atoms with E-state index >= 15 is 0 Å². The van der Waals surface area contributed by atoms with Crippen molar-refractivity contribution in [1.82, 2.24) is 20.2 Å². The average molecular weight is 719 g/mol. The highest BCUT2D eigenvalue weighted by Crippen LogP contribution is 2.40. The van der Waals surface area contributed by atoms with Crippen molar-refractivity contribution in [1.29, 1.82) is 0 Å². The van der Waals surface area contributed by atoms with Crippen molar-refractivity contribution >= 4 is 80.9 Å². The van der Waals surface area contributed by atoms with Crippen LogP contribution in [0.3, 0.4) is 0 Å². The summed E-state index contributed by atoms with van der Waals surface area (Å²) in [4.78, 5) is 76.5. The average Bonchev–Trinajstić information content (AvgIpc) is 3.47. The molecule has 0 radical (unpaired) electrons.